The van der Waals surface area contributed by atoms with Gasteiger partial charge in [0.1, 0.15) is 11.5 Å². The largest absolute Gasteiger partial charge is 0.496 e. The lowest BCUT2D eigenvalue weighted by atomic mass is 10.0. The molecule has 0 N–H and O–H groups in total. The zero-order valence-corrected chi connectivity index (χ0v) is 13.6. The second-order valence-electron chi connectivity index (χ2n) is 4.92. The maximum Gasteiger partial charge on any atom is 0.150 e. The molecule has 0 unspecified atom stereocenters. The number of carbonyl (C=O) groups excluding carboxylic acids is 2. The fourth-order valence-electron chi connectivity index (χ4n) is 2.28. The molecule has 0 radical (unpaired) electrons. The zero-order valence-electron chi connectivity index (χ0n) is 13.6. The van der Waals surface area contributed by atoms with Gasteiger partial charge in [-0.2, -0.15) is 0 Å². The molecule has 2 aromatic rings. The van der Waals surface area contributed by atoms with Gasteiger partial charge in [-0.1, -0.05) is 36.4 Å². The molecule has 0 heterocycles. The molecule has 0 aliphatic rings. The van der Waals surface area contributed by atoms with E-state index in [4.69, 9.17) is 9.47 Å². The van der Waals surface area contributed by atoms with E-state index in [-0.39, 0.29) is 11.1 Å². The van der Waals surface area contributed by atoms with Crippen molar-refractivity contribution in [3.05, 3.63) is 70.8 Å². The van der Waals surface area contributed by atoms with E-state index in [1.165, 1.54) is 0 Å². The van der Waals surface area contributed by atoms with Crippen LogP contribution < -0.4 is 9.47 Å². The first-order valence-electron chi connectivity index (χ1n) is 7.33. The topological polar surface area (TPSA) is 52.6 Å². The highest BCUT2D eigenvalue weighted by molar-refractivity contribution is 6.03. The third kappa shape index (κ3) is 3.98. The Morgan fingerprint density at radius 2 is 1.08 bits per heavy atom. The SMILES string of the molecule is COc1ccccc1/C=C(C=O)/C(C=O)=C/c1ccccc1OC. The smallest absolute Gasteiger partial charge is 0.150 e. The minimum absolute atomic E-state index is 0.264. The fourth-order valence-corrected chi connectivity index (χ4v) is 2.28. The van der Waals surface area contributed by atoms with Crippen molar-refractivity contribution in [3.8, 4) is 11.5 Å². The molecular formula is C20H18O4. The number of aldehydes is 2. The van der Waals surface area contributed by atoms with E-state index in [0.29, 0.717) is 24.1 Å². The van der Waals surface area contributed by atoms with Crippen LogP contribution in [0.5, 0.6) is 11.5 Å². The molecule has 24 heavy (non-hydrogen) atoms. The predicted octanol–water partition coefficient (Wildman–Crippen LogP) is 3.57. The van der Waals surface area contributed by atoms with Crippen molar-refractivity contribution in [3.63, 3.8) is 0 Å². The minimum atomic E-state index is 0.264. The van der Waals surface area contributed by atoms with Gasteiger partial charge in [0.05, 0.1) is 14.2 Å². The highest BCUT2D eigenvalue weighted by atomic mass is 16.5. The molecule has 0 bridgehead atoms. The summed E-state index contributed by atoms with van der Waals surface area (Å²) in [6.45, 7) is 0. The Bertz CT molecular complexity index is 720. The summed E-state index contributed by atoms with van der Waals surface area (Å²) in [5, 5.41) is 0. The third-order valence-corrected chi connectivity index (χ3v) is 3.49. The molecule has 0 amide bonds. The van der Waals surface area contributed by atoms with Crippen LogP contribution in [0.2, 0.25) is 0 Å². The molecule has 0 aliphatic carbocycles. The molecule has 0 saturated carbocycles. The standard InChI is InChI=1S/C20H18O4/c1-23-19-9-5-3-7-15(19)11-17(13-21)18(14-22)12-16-8-4-6-10-20(16)24-2/h3-14H,1-2H3/b17-11+,18-12+. The Morgan fingerprint density at radius 1 is 0.708 bits per heavy atom. The molecule has 0 atom stereocenters. The number of hydrogen-bond acceptors (Lipinski definition) is 4. The predicted molar refractivity (Wildman–Crippen MR) is 94.1 cm³/mol. The van der Waals surface area contributed by atoms with Crippen LogP contribution in [0.1, 0.15) is 11.1 Å². The Balaban J connectivity index is 2.50. The fraction of sp³-hybridized carbons (Fsp3) is 0.100. The second kappa shape index (κ2) is 8.48. The van der Waals surface area contributed by atoms with E-state index >= 15 is 0 Å². The van der Waals surface area contributed by atoms with E-state index in [0.717, 1.165) is 11.1 Å². The lowest BCUT2D eigenvalue weighted by Crippen LogP contribution is -1.95. The Labute approximate surface area is 141 Å². The van der Waals surface area contributed by atoms with Gasteiger partial charge in [-0.3, -0.25) is 9.59 Å². The average molecular weight is 322 g/mol. The average Bonchev–Trinajstić information content (AvgIpc) is 2.65. The van der Waals surface area contributed by atoms with Crippen molar-refractivity contribution in [2.45, 2.75) is 0 Å². The molecule has 4 nitrogen and oxygen atoms in total. The minimum Gasteiger partial charge on any atom is -0.496 e. The number of rotatable bonds is 7. The van der Waals surface area contributed by atoms with Gasteiger partial charge in [-0.25, -0.2) is 0 Å². The van der Waals surface area contributed by atoms with Gasteiger partial charge in [0.15, 0.2) is 12.6 Å². The summed E-state index contributed by atoms with van der Waals surface area (Å²) >= 11 is 0. The molecule has 122 valence electrons. The third-order valence-electron chi connectivity index (χ3n) is 3.49. The zero-order chi connectivity index (χ0) is 17.4. The van der Waals surface area contributed by atoms with Gasteiger partial charge in [0, 0.05) is 22.3 Å². The number of methoxy groups -OCH3 is 2. The number of allylic oxidation sites excluding steroid dienone is 2. The van der Waals surface area contributed by atoms with Crippen LogP contribution in [0.4, 0.5) is 0 Å². The van der Waals surface area contributed by atoms with Gasteiger partial charge >= 0.3 is 0 Å². The van der Waals surface area contributed by atoms with Crippen LogP contribution in [0.15, 0.2) is 59.7 Å². The normalized spacial score (nSPS) is 11.8. The van der Waals surface area contributed by atoms with Crippen LogP contribution in [-0.2, 0) is 9.59 Å². The molecular weight excluding hydrogens is 304 g/mol. The molecule has 0 aliphatic heterocycles. The molecule has 0 aromatic heterocycles. The van der Waals surface area contributed by atoms with Gasteiger partial charge in [-0.05, 0) is 24.3 Å². The molecule has 0 fully saturated rings. The van der Waals surface area contributed by atoms with Gasteiger partial charge in [0.25, 0.3) is 0 Å². The number of carbonyl (C=O) groups is 2. The summed E-state index contributed by atoms with van der Waals surface area (Å²) in [5.41, 5.74) is 1.96. The number of benzene rings is 2. The summed E-state index contributed by atoms with van der Waals surface area (Å²) in [5.74, 6) is 1.25. The second-order valence-corrected chi connectivity index (χ2v) is 4.92. The lowest BCUT2D eigenvalue weighted by molar-refractivity contribution is -0.107. The van der Waals surface area contributed by atoms with Crippen molar-refractivity contribution in [2.24, 2.45) is 0 Å². The number of ether oxygens (including phenoxy) is 2. The van der Waals surface area contributed by atoms with Crippen molar-refractivity contribution < 1.29 is 19.1 Å². The lowest BCUT2D eigenvalue weighted by Gasteiger charge is -2.07. The summed E-state index contributed by atoms with van der Waals surface area (Å²) < 4.78 is 10.5. The summed E-state index contributed by atoms with van der Waals surface area (Å²) in [6, 6.07) is 14.5. The Hall–Kier alpha value is -3.14. The quantitative estimate of drug-likeness (QED) is 0.444. The molecule has 0 spiro atoms. The van der Waals surface area contributed by atoms with E-state index < -0.39 is 0 Å². The van der Waals surface area contributed by atoms with Crippen LogP contribution in [-0.4, -0.2) is 26.8 Å². The van der Waals surface area contributed by atoms with Crippen molar-refractivity contribution in [2.75, 3.05) is 14.2 Å². The van der Waals surface area contributed by atoms with Crippen LogP contribution >= 0.6 is 0 Å². The summed E-state index contributed by atoms with van der Waals surface area (Å²) in [4.78, 5) is 23.0. The molecule has 2 aromatic carbocycles. The molecule has 2 rings (SSSR count). The van der Waals surface area contributed by atoms with E-state index in [2.05, 4.69) is 0 Å². The van der Waals surface area contributed by atoms with Crippen LogP contribution in [0.25, 0.3) is 12.2 Å². The van der Waals surface area contributed by atoms with Gasteiger partial charge < -0.3 is 9.47 Å². The summed E-state index contributed by atoms with van der Waals surface area (Å²) in [7, 11) is 3.11. The molecule has 4 heteroatoms. The maximum atomic E-state index is 11.5. The van der Waals surface area contributed by atoms with Gasteiger partial charge in [0.2, 0.25) is 0 Å². The first-order chi connectivity index (χ1) is 11.7. The van der Waals surface area contributed by atoms with Crippen molar-refractivity contribution in [1.29, 1.82) is 0 Å². The number of hydrogen-bond donors (Lipinski definition) is 0. The van der Waals surface area contributed by atoms with E-state index in [1.54, 1.807) is 38.5 Å². The number of para-hydroxylation sites is 2. The maximum absolute atomic E-state index is 11.5. The van der Waals surface area contributed by atoms with E-state index in [9.17, 15) is 9.59 Å². The van der Waals surface area contributed by atoms with Crippen molar-refractivity contribution >= 4 is 24.7 Å². The van der Waals surface area contributed by atoms with Crippen molar-refractivity contribution in [1.82, 2.24) is 0 Å². The van der Waals surface area contributed by atoms with Gasteiger partial charge in [-0.15, -0.1) is 0 Å². The Kier molecular flexibility index (Phi) is 6.08. The highest BCUT2D eigenvalue weighted by Crippen LogP contribution is 2.25. The van der Waals surface area contributed by atoms with E-state index in [1.807, 2.05) is 36.4 Å². The van der Waals surface area contributed by atoms with Crippen LogP contribution in [0, 0.1) is 0 Å². The summed E-state index contributed by atoms with van der Waals surface area (Å²) in [6.07, 6.45) is 4.56. The molecule has 0 saturated heterocycles. The first kappa shape index (κ1) is 17.2. The highest BCUT2D eigenvalue weighted by Gasteiger charge is 2.08. The monoisotopic (exact) mass is 322 g/mol. The van der Waals surface area contributed by atoms with Crippen LogP contribution in [0.3, 0.4) is 0 Å². The Morgan fingerprint density at radius 3 is 1.42 bits per heavy atom. The first-order valence-corrected chi connectivity index (χ1v) is 7.33.